The minimum absolute atomic E-state index is 0.728. The first-order valence-corrected chi connectivity index (χ1v) is 6.47. The zero-order valence-corrected chi connectivity index (χ0v) is 10.3. The third kappa shape index (κ3) is 4.36. The number of nitrogens with two attached hydrogens (primary N) is 1. The van der Waals surface area contributed by atoms with Crippen molar-refractivity contribution >= 4 is 5.69 Å². The van der Waals surface area contributed by atoms with Crippen LogP contribution in [-0.4, -0.2) is 26.3 Å². The Morgan fingerprint density at radius 2 is 2.12 bits per heavy atom. The van der Waals surface area contributed by atoms with Gasteiger partial charge in [0.15, 0.2) is 0 Å². The summed E-state index contributed by atoms with van der Waals surface area (Å²) in [7, 11) is 0. The first-order valence-electron chi connectivity index (χ1n) is 6.47. The van der Waals surface area contributed by atoms with Crippen LogP contribution in [0.25, 0.3) is 0 Å². The Kier molecular flexibility index (Phi) is 4.83. The number of ether oxygens (including phenoxy) is 1. The summed E-state index contributed by atoms with van der Waals surface area (Å²) in [5.41, 5.74) is 7.86. The van der Waals surface area contributed by atoms with Crippen molar-refractivity contribution in [3.8, 4) is 0 Å². The molecule has 1 aliphatic rings. The largest absolute Gasteiger partial charge is 0.399 e. The van der Waals surface area contributed by atoms with Crippen LogP contribution >= 0.6 is 0 Å². The number of nitrogen functional groups attached to an aromatic ring is 1. The van der Waals surface area contributed by atoms with Gasteiger partial charge in [-0.25, -0.2) is 0 Å². The number of benzene rings is 1. The molecule has 3 heteroatoms. The lowest BCUT2D eigenvalue weighted by molar-refractivity contribution is 0.185. The second-order valence-electron chi connectivity index (χ2n) is 4.78. The van der Waals surface area contributed by atoms with Crippen LogP contribution in [-0.2, 0) is 11.2 Å². The number of aryl methyl sites for hydroxylation is 1. The highest BCUT2D eigenvalue weighted by atomic mass is 16.5. The molecule has 1 aliphatic heterocycles. The van der Waals surface area contributed by atoms with Crippen LogP contribution in [0.3, 0.4) is 0 Å². The second-order valence-corrected chi connectivity index (χ2v) is 4.78. The molecule has 0 saturated carbocycles. The average Bonchev–Trinajstić information content (AvgIpc) is 2.84. The van der Waals surface area contributed by atoms with Gasteiger partial charge in [-0.15, -0.1) is 0 Å². The predicted molar refractivity (Wildman–Crippen MR) is 71.0 cm³/mol. The van der Waals surface area contributed by atoms with Crippen molar-refractivity contribution in [1.29, 1.82) is 0 Å². The average molecular weight is 234 g/mol. The lowest BCUT2D eigenvalue weighted by Gasteiger charge is -2.09. The van der Waals surface area contributed by atoms with Crippen molar-refractivity contribution in [3.05, 3.63) is 29.8 Å². The van der Waals surface area contributed by atoms with E-state index in [2.05, 4.69) is 17.4 Å². The van der Waals surface area contributed by atoms with Crippen LogP contribution < -0.4 is 11.1 Å². The molecule has 1 unspecified atom stereocenters. The standard InChI is InChI=1S/C14H22N2O/c15-14-5-3-12(4-6-14)2-1-8-16-10-13-7-9-17-11-13/h3-6,13,16H,1-2,7-11,15H2. The van der Waals surface area contributed by atoms with Gasteiger partial charge in [-0.3, -0.25) is 0 Å². The maximum absolute atomic E-state index is 5.65. The molecule has 2 rings (SSSR count). The molecule has 17 heavy (non-hydrogen) atoms. The predicted octanol–water partition coefficient (Wildman–Crippen LogP) is 1.83. The summed E-state index contributed by atoms with van der Waals surface area (Å²) in [4.78, 5) is 0. The summed E-state index contributed by atoms with van der Waals surface area (Å²) in [6.07, 6.45) is 3.51. The highest BCUT2D eigenvalue weighted by Crippen LogP contribution is 2.11. The molecule has 3 N–H and O–H groups in total. The highest BCUT2D eigenvalue weighted by Gasteiger charge is 2.14. The van der Waals surface area contributed by atoms with Gasteiger partial charge in [0.05, 0.1) is 6.61 Å². The Hall–Kier alpha value is -1.06. The number of nitrogens with one attached hydrogen (secondary N) is 1. The molecule has 0 radical (unpaired) electrons. The van der Waals surface area contributed by atoms with Crippen molar-refractivity contribution in [2.75, 3.05) is 32.0 Å². The van der Waals surface area contributed by atoms with E-state index < -0.39 is 0 Å². The van der Waals surface area contributed by atoms with Crippen LogP contribution in [0.4, 0.5) is 5.69 Å². The molecule has 1 atom stereocenters. The maximum atomic E-state index is 5.65. The van der Waals surface area contributed by atoms with Gasteiger partial charge in [0.1, 0.15) is 0 Å². The molecular formula is C14H22N2O. The SMILES string of the molecule is Nc1ccc(CCCNCC2CCOC2)cc1. The first kappa shape index (κ1) is 12.4. The maximum Gasteiger partial charge on any atom is 0.0507 e. The fraction of sp³-hybridized carbons (Fsp3) is 0.571. The monoisotopic (exact) mass is 234 g/mol. The van der Waals surface area contributed by atoms with E-state index in [-0.39, 0.29) is 0 Å². The molecule has 94 valence electrons. The third-order valence-electron chi connectivity index (χ3n) is 3.26. The van der Waals surface area contributed by atoms with Crippen molar-refractivity contribution in [1.82, 2.24) is 5.32 Å². The Labute approximate surface area is 103 Å². The second kappa shape index (κ2) is 6.62. The minimum atomic E-state index is 0.728. The molecule has 0 spiro atoms. The zero-order chi connectivity index (χ0) is 11.9. The fourth-order valence-corrected chi connectivity index (χ4v) is 2.15. The number of rotatable bonds is 6. The fourth-order valence-electron chi connectivity index (χ4n) is 2.15. The van der Waals surface area contributed by atoms with Crippen LogP contribution in [0.2, 0.25) is 0 Å². The van der Waals surface area contributed by atoms with E-state index in [9.17, 15) is 0 Å². The zero-order valence-electron chi connectivity index (χ0n) is 10.3. The van der Waals surface area contributed by atoms with E-state index in [1.807, 2.05) is 12.1 Å². The number of anilines is 1. The lowest BCUT2D eigenvalue weighted by atomic mass is 10.1. The topological polar surface area (TPSA) is 47.3 Å². The smallest absolute Gasteiger partial charge is 0.0507 e. The minimum Gasteiger partial charge on any atom is -0.399 e. The molecule has 0 bridgehead atoms. The van der Waals surface area contributed by atoms with Gasteiger partial charge >= 0.3 is 0 Å². The molecule has 1 saturated heterocycles. The first-order chi connectivity index (χ1) is 8.34. The molecule has 1 fully saturated rings. The quantitative estimate of drug-likeness (QED) is 0.583. The van der Waals surface area contributed by atoms with E-state index in [4.69, 9.17) is 10.5 Å². The number of hydrogen-bond acceptors (Lipinski definition) is 3. The van der Waals surface area contributed by atoms with E-state index in [0.717, 1.165) is 44.3 Å². The van der Waals surface area contributed by atoms with E-state index >= 15 is 0 Å². The van der Waals surface area contributed by atoms with Crippen LogP contribution in [0.15, 0.2) is 24.3 Å². The van der Waals surface area contributed by atoms with Crippen molar-refractivity contribution < 1.29 is 4.74 Å². The van der Waals surface area contributed by atoms with Gasteiger partial charge in [0.25, 0.3) is 0 Å². The normalized spacial score (nSPS) is 19.6. The van der Waals surface area contributed by atoms with Crippen LogP contribution in [0, 0.1) is 5.92 Å². The van der Waals surface area contributed by atoms with Gasteiger partial charge < -0.3 is 15.8 Å². The van der Waals surface area contributed by atoms with Crippen molar-refractivity contribution in [2.45, 2.75) is 19.3 Å². The molecule has 0 amide bonds. The molecular weight excluding hydrogens is 212 g/mol. The lowest BCUT2D eigenvalue weighted by Crippen LogP contribution is -2.24. The van der Waals surface area contributed by atoms with Gasteiger partial charge in [-0.05, 0) is 49.4 Å². The van der Waals surface area contributed by atoms with Crippen molar-refractivity contribution in [3.63, 3.8) is 0 Å². The molecule has 1 aromatic rings. The Morgan fingerprint density at radius 3 is 2.82 bits per heavy atom. The summed E-state index contributed by atoms with van der Waals surface area (Å²) in [5, 5.41) is 3.50. The summed E-state index contributed by atoms with van der Waals surface area (Å²) in [6, 6.07) is 8.16. The summed E-state index contributed by atoms with van der Waals surface area (Å²) in [5.74, 6) is 0.728. The van der Waals surface area contributed by atoms with Gasteiger partial charge in [-0.2, -0.15) is 0 Å². The van der Waals surface area contributed by atoms with E-state index in [0.29, 0.717) is 0 Å². The van der Waals surface area contributed by atoms with Gasteiger partial charge in [0.2, 0.25) is 0 Å². The molecule has 0 aromatic heterocycles. The Balaban J connectivity index is 1.55. The summed E-state index contributed by atoms with van der Waals surface area (Å²) in [6.45, 7) is 4.06. The van der Waals surface area contributed by atoms with E-state index in [1.54, 1.807) is 0 Å². The Bertz CT molecular complexity index is 317. The highest BCUT2D eigenvalue weighted by molar-refractivity contribution is 5.39. The third-order valence-corrected chi connectivity index (χ3v) is 3.26. The number of hydrogen-bond donors (Lipinski definition) is 2. The van der Waals surface area contributed by atoms with Gasteiger partial charge in [-0.1, -0.05) is 12.1 Å². The molecule has 1 heterocycles. The molecule has 0 aliphatic carbocycles. The molecule has 1 aromatic carbocycles. The van der Waals surface area contributed by atoms with Crippen molar-refractivity contribution in [2.24, 2.45) is 5.92 Å². The molecule has 3 nitrogen and oxygen atoms in total. The summed E-state index contributed by atoms with van der Waals surface area (Å²) >= 11 is 0. The van der Waals surface area contributed by atoms with Gasteiger partial charge in [0, 0.05) is 18.8 Å². The van der Waals surface area contributed by atoms with E-state index in [1.165, 1.54) is 18.4 Å². The van der Waals surface area contributed by atoms with Crippen LogP contribution in [0.5, 0.6) is 0 Å². The summed E-state index contributed by atoms with van der Waals surface area (Å²) < 4.78 is 5.34. The Morgan fingerprint density at radius 1 is 1.29 bits per heavy atom. The van der Waals surface area contributed by atoms with Crippen LogP contribution in [0.1, 0.15) is 18.4 Å².